The van der Waals surface area contributed by atoms with Crippen molar-refractivity contribution < 1.29 is 14.1 Å². The first-order chi connectivity index (χ1) is 11.8. The van der Waals surface area contributed by atoms with E-state index in [2.05, 4.69) is 5.16 Å². The molecule has 2 atom stereocenters. The summed E-state index contributed by atoms with van der Waals surface area (Å²) in [5.74, 6) is 0.911. The number of aromatic nitrogens is 1. The van der Waals surface area contributed by atoms with Crippen molar-refractivity contribution in [2.75, 3.05) is 13.2 Å². The molecule has 128 valence electrons. The van der Waals surface area contributed by atoms with Crippen LogP contribution in [0.1, 0.15) is 50.3 Å². The van der Waals surface area contributed by atoms with Crippen molar-refractivity contribution >= 4 is 17.2 Å². The van der Waals surface area contributed by atoms with Crippen LogP contribution in [0.25, 0.3) is 10.6 Å². The zero-order chi connectivity index (χ0) is 16.4. The fourth-order valence-electron chi connectivity index (χ4n) is 3.62. The molecule has 4 rings (SSSR count). The standard InChI is InChI=1S/C18H22N2O3S/c21-18(15-7-4-10-22-15)20-9-3-1-2-6-14(20)13-12-16(23-19-13)17-8-5-11-24-17/h5,8,11-12,14-15H,1-4,6-7,9-10H2. The number of carbonyl (C=O) groups excluding carboxylic acids is 1. The molecule has 2 aliphatic rings. The lowest BCUT2D eigenvalue weighted by atomic mass is 10.1. The Morgan fingerprint density at radius 1 is 1.25 bits per heavy atom. The second-order valence-electron chi connectivity index (χ2n) is 6.49. The minimum absolute atomic E-state index is 0.00154. The number of likely N-dealkylation sites (tertiary alicyclic amines) is 1. The van der Waals surface area contributed by atoms with E-state index in [-0.39, 0.29) is 18.1 Å². The Morgan fingerprint density at radius 2 is 2.21 bits per heavy atom. The van der Waals surface area contributed by atoms with E-state index in [4.69, 9.17) is 9.26 Å². The number of nitrogens with zero attached hydrogens (tertiary/aromatic N) is 2. The van der Waals surface area contributed by atoms with Gasteiger partial charge in [0.1, 0.15) is 11.8 Å². The third-order valence-electron chi connectivity index (χ3n) is 4.87. The molecule has 1 amide bonds. The third kappa shape index (κ3) is 3.13. The van der Waals surface area contributed by atoms with Crippen LogP contribution in [-0.2, 0) is 9.53 Å². The van der Waals surface area contributed by atoms with Gasteiger partial charge in [0, 0.05) is 19.2 Å². The molecule has 0 aromatic carbocycles. The van der Waals surface area contributed by atoms with E-state index >= 15 is 0 Å². The lowest BCUT2D eigenvalue weighted by molar-refractivity contribution is -0.143. The van der Waals surface area contributed by atoms with Gasteiger partial charge in [0.15, 0.2) is 5.76 Å². The number of ether oxygens (including phenoxy) is 1. The van der Waals surface area contributed by atoms with E-state index in [0.717, 1.165) is 61.4 Å². The van der Waals surface area contributed by atoms with Crippen LogP contribution in [0.4, 0.5) is 0 Å². The Hall–Kier alpha value is -1.66. The summed E-state index contributed by atoms with van der Waals surface area (Å²) in [5.41, 5.74) is 0.867. The molecule has 0 radical (unpaired) electrons. The van der Waals surface area contributed by atoms with Gasteiger partial charge in [0.25, 0.3) is 5.91 Å². The van der Waals surface area contributed by atoms with E-state index in [9.17, 15) is 4.79 Å². The van der Waals surface area contributed by atoms with Crippen molar-refractivity contribution in [3.05, 3.63) is 29.3 Å². The van der Waals surface area contributed by atoms with Gasteiger partial charge in [0.2, 0.25) is 0 Å². The molecule has 0 N–H and O–H groups in total. The summed E-state index contributed by atoms with van der Waals surface area (Å²) in [5, 5.41) is 6.32. The quantitative estimate of drug-likeness (QED) is 0.842. The molecule has 6 heteroatoms. The lowest BCUT2D eigenvalue weighted by Crippen LogP contribution is -2.41. The SMILES string of the molecule is O=C(C1CCCO1)N1CCCCCC1c1cc(-c2cccs2)on1. The molecule has 0 spiro atoms. The third-order valence-corrected chi connectivity index (χ3v) is 5.76. The van der Waals surface area contributed by atoms with Crippen molar-refractivity contribution in [1.82, 2.24) is 10.1 Å². The van der Waals surface area contributed by atoms with Crippen LogP contribution in [0, 0.1) is 0 Å². The second kappa shape index (κ2) is 7.07. The summed E-state index contributed by atoms with van der Waals surface area (Å²) in [6.07, 6.45) is 5.79. The van der Waals surface area contributed by atoms with E-state index in [1.807, 2.05) is 28.5 Å². The van der Waals surface area contributed by atoms with Crippen LogP contribution in [0.15, 0.2) is 28.1 Å². The number of carbonyl (C=O) groups is 1. The van der Waals surface area contributed by atoms with Crippen LogP contribution >= 0.6 is 11.3 Å². The number of rotatable bonds is 3. The second-order valence-corrected chi connectivity index (χ2v) is 7.44. The minimum atomic E-state index is -0.269. The molecule has 2 unspecified atom stereocenters. The van der Waals surface area contributed by atoms with Crippen LogP contribution in [0.3, 0.4) is 0 Å². The van der Waals surface area contributed by atoms with Gasteiger partial charge in [0.05, 0.1) is 10.9 Å². The topological polar surface area (TPSA) is 55.6 Å². The molecule has 2 aromatic heterocycles. The maximum absolute atomic E-state index is 12.9. The summed E-state index contributed by atoms with van der Waals surface area (Å²) in [6.45, 7) is 1.48. The first-order valence-corrected chi connectivity index (χ1v) is 9.63. The zero-order valence-electron chi connectivity index (χ0n) is 13.6. The summed E-state index contributed by atoms with van der Waals surface area (Å²) in [4.78, 5) is 16.0. The molecule has 2 aromatic rings. The molecule has 0 aliphatic carbocycles. The molecule has 2 saturated heterocycles. The van der Waals surface area contributed by atoms with Gasteiger partial charge in [-0.3, -0.25) is 4.79 Å². The van der Waals surface area contributed by atoms with Crippen molar-refractivity contribution in [3.63, 3.8) is 0 Å². The van der Waals surface area contributed by atoms with Gasteiger partial charge in [-0.1, -0.05) is 24.1 Å². The summed E-state index contributed by atoms with van der Waals surface area (Å²) in [6, 6.07) is 6.03. The highest BCUT2D eigenvalue weighted by Gasteiger charge is 2.35. The average Bonchev–Trinajstić information content (AvgIpc) is 3.33. The molecule has 0 saturated carbocycles. The highest BCUT2D eigenvalue weighted by molar-refractivity contribution is 7.13. The predicted molar refractivity (Wildman–Crippen MR) is 91.7 cm³/mol. The average molecular weight is 346 g/mol. The van der Waals surface area contributed by atoms with Crippen molar-refractivity contribution in [3.8, 4) is 10.6 Å². The van der Waals surface area contributed by atoms with Gasteiger partial charge >= 0.3 is 0 Å². The van der Waals surface area contributed by atoms with Crippen molar-refractivity contribution in [2.24, 2.45) is 0 Å². The predicted octanol–water partition coefficient (Wildman–Crippen LogP) is 4.03. The molecule has 5 nitrogen and oxygen atoms in total. The monoisotopic (exact) mass is 346 g/mol. The highest BCUT2D eigenvalue weighted by Crippen LogP contribution is 2.34. The van der Waals surface area contributed by atoms with Gasteiger partial charge in [-0.2, -0.15) is 0 Å². The molecule has 0 bridgehead atoms. The highest BCUT2D eigenvalue weighted by atomic mass is 32.1. The van der Waals surface area contributed by atoms with Gasteiger partial charge in [-0.25, -0.2) is 0 Å². The molecular formula is C18H22N2O3S. The summed E-state index contributed by atoms with van der Waals surface area (Å²) >= 11 is 1.63. The number of hydrogen-bond donors (Lipinski definition) is 0. The van der Waals surface area contributed by atoms with Gasteiger partial charge in [-0.05, 0) is 37.1 Å². The number of amides is 1. The molecule has 2 aliphatic heterocycles. The van der Waals surface area contributed by atoms with Gasteiger partial charge < -0.3 is 14.2 Å². The lowest BCUT2D eigenvalue weighted by Gasteiger charge is -2.30. The van der Waals surface area contributed by atoms with E-state index in [1.165, 1.54) is 0 Å². The van der Waals surface area contributed by atoms with Gasteiger partial charge in [-0.15, -0.1) is 11.3 Å². The Morgan fingerprint density at radius 3 is 3.00 bits per heavy atom. The van der Waals surface area contributed by atoms with Crippen molar-refractivity contribution in [1.29, 1.82) is 0 Å². The van der Waals surface area contributed by atoms with Crippen LogP contribution < -0.4 is 0 Å². The molecule has 4 heterocycles. The fourth-order valence-corrected chi connectivity index (χ4v) is 4.29. The molecule has 2 fully saturated rings. The smallest absolute Gasteiger partial charge is 0.252 e. The van der Waals surface area contributed by atoms with Crippen LogP contribution in [0.5, 0.6) is 0 Å². The number of thiophene rings is 1. The summed E-state index contributed by atoms with van der Waals surface area (Å²) in [7, 11) is 0. The van der Waals surface area contributed by atoms with E-state index < -0.39 is 0 Å². The van der Waals surface area contributed by atoms with Crippen molar-refractivity contribution in [2.45, 2.75) is 50.7 Å². The maximum Gasteiger partial charge on any atom is 0.252 e. The van der Waals surface area contributed by atoms with E-state index in [1.54, 1.807) is 11.3 Å². The first kappa shape index (κ1) is 15.8. The molecular weight excluding hydrogens is 324 g/mol. The molecule has 24 heavy (non-hydrogen) atoms. The fraction of sp³-hybridized carbons (Fsp3) is 0.556. The maximum atomic E-state index is 12.9. The normalized spacial score (nSPS) is 24.9. The number of hydrogen-bond acceptors (Lipinski definition) is 5. The Labute approximate surface area is 145 Å². The Balaban J connectivity index is 1.59. The van der Waals surface area contributed by atoms with E-state index in [0.29, 0.717) is 6.61 Å². The van der Waals surface area contributed by atoms with Crippen LogP contribution in [-0.4, -0.2) is 35.2 Å². The Kier molecular flexibility index (Phi) is 4.67. The van der Waals surface area contributed by atoms with Crippen LogP contribution in [0.2, 0.25) is 0 Å². The zero-order valence-corrected chi connectivity index (χ0v) is 14.5. The summed E-state index contributed by atoms with van der Waals surface area (Å²) < 4.78 is 11.2. The first-order valence-electron chi connectivity index (χ1n) is 8.75. The Bertz CT molecular complexity index is 676. The minimum Gasteiger partial charge on any atom is -0.368 e. The largest absolute Gasteiger partial charge is 0.368 e.